The fraction of sp³-hybridized carbons (Fsp3) is 0.538. The molecule has 2 atom stereocenters. The van der Waals surface area contributed by atoms with Crippen LogP contribution in [0.25, 0.3) is 0 Å². The van der Waals surface area contributed by atoms with Crippen molar-refractivity contribution in [3.63, 3.8) is 0 Å². The van der Waals surface area contributed by atoms with E-state index >= 15 is 0 Å². The van der Waals surface area contributed by atoms with Gasteiger partial charge in [0.1, 0.15) is 5.76 Å². The number of carbonyl (C=O) groups excluding carboxylic acids is 1. The fourth-order valence-corrected chi connectivity index (χ4v) is 1.98. The molecule has 1 aromatic heterocycles. The molecule has 0 bridgehead atoms. The largest absolute Gasteiger partial charge is 0.467 e. The molecular weight excluding hydrogens is 262 g/mol. The average Bonchev–Trinajstić information content (AvgIpc) is 2.86. The van der Waals surface area contributed by atoms with E-state index in [-0.39, 0.29) is 18.0 Å². The Bertz CT molecular complexity index is 420. The highest BCUT2D eigenvalue weighted by Gasteiger charge is 2.22. The molecule has 19 heavy (non-hydrogen) atoms. The molecule has 6 heteroatoms. The van der Waals surface area contributed by atoms with Gasteiger partial charge in [-0.25, -0.2) is 0 Å². The molecule has 0 saturated heterocycles. The van der Waals surface area contributed by atoms with E-state index in [1.54, 1.807) is 12.3 Å². The van der Waals surface area contributed by atoms with E-state index in [2.05, 4.69) is 5.32 Å². The van der Waals surface area contributed by atoms with Crippen molar-refractivity contribution in [3.8, 4) is 0 Å². The normalized spacial score (nSPS) is 14.1. The topological polar surface area (TPSA) is 71.5 Å². The second kappa shape index (κ2) is 7.25. The number of hydrogen-bond acceptors (Lipinski definition) is 4. The quantitative estimate of drug-likeness (QED) is 0.738. The molecule has 1 heterocycles. The summed E-state index contributed by atoms with van der Waals surface area (Å²) in [5.74, 6) is 0.688. The summed E-state index contributed by atoms with van der Waals surface area (Å²) in [6.45, 7) is 4.25. The molecule has 0 aliphatic heterocycles. The molecule has 0 aliphatic carbocycles. The molecule has 5 nitrogen and oxygen atoms in total. The molecule has 0 aliphatic rings. The molecule has 3 N–H and O–H groups in total. The highest BCUT2D eigenvalue weighted by molar-refractivity contribution is 7.80. The maximum absolute atomic E-state index is 12.0. The van der Waals surface area contributed by atoms with Gasteiger partial charge in [0, 0.05) is 12.5 Å². The van der Waals surface area contributed by atoms with Crippen molar-refractivity contribution < 1.29 is 9.21 Å². The monoisotopic (exact) mass is 283 g/mol. The number of amides is 1. The van der Waals surface area contributed by atoms with Gasteiger partial charge < -0.3 is 15.5 Å². The molecule has 0 fully saturated rings. The SMILES string of the molecule is CC(CC(N)=S)N(C)C(C)C(=O)NCc1ccco1. The Morgan fingerprint density at radius 3 is 2.79 bits per heavy atom. The predicted octanol–water partition coefficient (Wildman–Crippen LogP) is 1.28. The van der Waals surface area contributed by atoms with Crippen molar-refractivity contribution >= 4 is 23.1 Å². The van der Waals surface area contributed by atoms with Crippen molar-refractivity contribution in [3.05, 3.63) is 24.2 Å². The second-order valence-electron chi connectivity index (χ2n) is 4.66. The van der Waals surface area contributed by atoms with Crippen molar-refractivity contribution in [2.75, 3.05) is 7.05 Å². The molecule has 0 aromatic carbocycles. The van der Waals surface area contributed by atoms with Crippen molar-refractivity contribution in [2.45, 2.75) is 38.9 Å². The Morgan fingerprint density at radius 1 is 1.58 bits per heavy atom. The summed E-state index contributed by atoms with van der Waals surface area (Å²) in [5.41, 5.74) is 5.52. The average molecular weight is 283 g/mol. The summed E-state index contributed by atoms with van der Waals surface area (Å²) in [6.07, 6.45) is 2.18. The molecule has 1 amide bonds. The van der Waals surface area contributed by atoms with E-state index in [0.29, 0.717) is 18.0 Å². The van der Waals surface area contributed by atoms with Gasteiger partial charge in [0.15, 0.2) is 0 Å². The van der Waals surface area contributed by atoms with E-state index < -0.39 is 0 Å². The summed E-state index contributed by atoms with van der Waals surface area (Å²) in [7, 11) is 1.89. The number of rotatable bonds is 7. The number of carbonyl (C=O) groups is 1. The lowest BCUT2D eigenvalue weighted by Crippen LogP contribution is -2.47. The van der Waals surface area contributed by atoms with E-state index in [1.165, 1.54) is 0 Å². The van der Waals surface area contributed by atoms with E-state index in [1.807, 2.05) is 31.9 Å². The Morgan fingerprint density at radius 2 is 2.26 bits per heavy atom. The molecule has 0 radical (unpaired) electrons. The van der Waals surface area contributed by atoms with Crippen molar-refractivity contribution in [1.29, 1.82) is 0 Å². The first-order chi connectivity index (χ1) is 8.91. The van der Waals surface area contributed by atoms with Gasteiger partial charge in [-0.15, -0.1) is 0 Å². The van der Waals surface area contributed by atoms with Gasteiger partial charge in [-0.1, -0.05) is 12.2 Å². The third-order valence-electron chi connectivity index (χ3n) is 3.20. The van der Waals surface area contributed by atoms with Crippen LogP contribution in [0.4, 0.5) is 0 Å². The summed E-state index contributed by atoms with van der Waals surface area (Å²) >= 11 is 4.89. The highest BCUT2D eigenvalue weighted by atomic mass is 32.1. The molecule has 0 saturated carbocycles. The van der Waals surface area contributed by atoms with Gasteiger partial charge >= 0.3 is 0 Å². The maximum Gasteiger partial charge on any atom is 0.237 e. The zero-order valence-electron chi connectivity index (χ0n) is 11.6. The van der Waals surface area contributed by atoms with Gasteiger partial charge in [0.05, 0.1) is 23.8 Å². The van der Waals surface area contributed by atoms with Crippen LogP contribution < -0.4 is 11.1 Å². The summed E-state index contributed by atoms with van der Waals surface area (Å²) in [6, 6.07) is 3.49. The number of nitrogens with one attached hydrogen (secondary N) is 1. The van der Waals surface area contributed by atoms with E-state index in [9.17, 15) is 4.79 Å². The Hall–Kier alpha value is -1.40. The zero-order valence-corrected chi connectivity index (χ0v) is 12.4. The lowest BCUT2D eigenvalue weighted by molar-refractivity contribution is -0.126. The van der Waals surface area contributed by atoms with Crippen molar-refractivity contribution in [1.82, 2.24) is 10.2 Å². The molecule has 1 rings (SSSR count). The maximum atomic E-state index is 12.0. The van der Waals surface area contributed by atoms with Gasteiger partial charge in [-0.2, -0.15) is 0 Å². The van der Waals surface area contributed by atoms with Crippen LogP contribution in [0, 0.1) is 0 Å². The zero-order chi connectivity index (χ0) is 14.4. The van der Waals surface area contributed by atoms with Crippen LogP contribution in [0.3, 0.4) is 0 Å². The first-order valence-corrected chi connectivity index (χ1v) is 6.63. The molecule has 2 unspecified atom stereocenters. The van der Waals surface area contributed by atoms with E-state index in [4.69, 9.17) is 22.4 Å². The number of hydrogen-bond donors (Lipinski definition) is 2. The van der Waals surface area contributed by atoms with Gasteiger partial charge in [-0.05, 0) is 33.0 Å². The highest BCUT2D eigenvalue weighted by Crippen LogP contribution is 2.07. The first-order valence-electron chi connectivity index (χ1n) is 6.22. The summed E-state index contributed by atoms with van der Waals surface area (Å²) < 4.78 is 5.16. The minimum Gasteiger partial charge on any atom is -0.467 e. The fourth-order valence-electron chi connectivity index (χ4n) is 1.74. The van der Waals surface area contributed by atoms with Crippen LogP contribution in [0.5, 0.6) is 0 Å². The lowest BCUT2D eigenvalue weighted by Gasteiger charge is -2.29. The van der Waals surface area contributed by atoms with Crippen LogP contribution >= 0.6 is 12.2 Å². The summed E-state index contributed by atoms with van der Waals surface area (Å²) in [5, 5.41) is 2.84. The molecule has 106 valence electrons. The number of likely N-dealkylation sites (N-methyl/N-ethyl adjacent to an activating group) is 1. The summed E-state index contributed by atoms with van der Waals surface area (Å²) in [4.78, 5) is 14.4. The number of nitrogens with two attached hydrogens (primary N) is 1. The Kier molecular flexibility index (Phi) is 5.98. The van der Waals surface area contributed by atoms with Crippen LogP contribution in [0.2, 0.25) is 0 Å². The van der Waals surface area contributed by atoms with Gasteiger partial charge in [0.25, 0.3) is 0 Å². The predicted molar refractivity (Wildman–Crippen MR) is 78.6 cm³/mol. The Labute approximate surface area is 119 Å². The van der Waals surface area contributed by atoms with Crippen LogP contribution in [-0.2, 0) is 11.3 Å². The third kappa shape index (κ3) is 5.00. The second-order valence-corrected chi connectivity index (χ2v) is 5.18. The van der Waals surface area contributed by atoms with Crippen LogP contribution in [-0.4, -0.2) is 34.9 Å². The van der Waals surface area contributed by atoms with Crippen LogP contribution in [0.15, 0.2) is 22.8 Å². The lowest BCUT2D eigenvalue weighted by atomic mass is 10.1. The molecular formula is C13H21N3O2S. The minimum atomic E-state index is -0.251. The van der Waals surface area contributed by atoms with Crippen molar-refractivity contribution in [2.24, 2.45) is 5.73 Å². The van der Waals surface area contributed by atoms with Gasteiger partial charge in [-0.3, -0.25) is 9.69 Å². The Balaban J connectivity index is 2.44. The third-order valence-corrected chi connectivity index (χ3v) is 3.37. The standard InChI is InChI=1S/C13H21N3O2S/c1-9(7-12(14)19)16(3)10(2)13(17)15-8-11-5-4-6-18-11/h4-6,9-10H,7-8H2,1-3H3,(H2,14,19)(H,15,17). The minimum absolute atomic E-state index is 0.0475. The smallest absolute Gasteiger partial charge is 0.237 e. The number of nitrogens with zero attached hydrogens (tertiary/aromatic N) is 1. The van der Waals surface area contributed by atoms with Crippen LogP contribution in [0.1, 0.15) is 26.0 Å². The number of furan rings is 1. The van der Waals surface area contributed by atoms with E-state index in [0.717, 1.165) is 5.76 Å². The molecule has 1 aromatic rings. The van der Waals surface area contributed by atoms with Gasteiger partial charge in [0.2, 0.25) is 5.91 Å². The first kappa shape index (κ1) is 15.7. The number of thiocarbonyl (C=S) groups is 1. The molecule has 0 spiro atoms.